The lowest BCUT2D eigenvalue weighted by Gasteiger charge is -2.09. The number of anilines is 2. The molecule has 0 saturated carbocycles. The summed E-state index contributed by atoms with van der Waals surface area (Å²) in [5.41, 5.74) is 9.39. The Morgan fingerprint density at radius 1 is 1.04 bits per heavy atom. The molecule has 0 radical (unpaired) electrons. The Morgan fingerprint density at radius 2 is 1.84 bits per heavy atom. The first-order valence-corrected chi connectivity index (χ1v) is 8.27. The molecule has 0 fully saturated rings. The molecule has 0 saturated heterocycles. The molecule has 0 aliphatic rings. The zero-order chi connectivity index (χ0) is 17.5. The Balaban J connectivity index is 1.60. The summed E-state index contributed by atoms with van der Waals surface area (Å²) in [6, 6.07) is 18.2. The van der Waals surface area contributed by atoms with Crippen molar-refractivity contribution in [2.24, 2.45) is 0 Å². The van der Waals surface area contributed by atoms with Gasteiger partial charge in [-0.3, -0.25) is 0 Å². The van der Waals surface area contributed by atoms with E-state index in [1.807, 2.05) is 42.5 Å². The van der Waals surface area contributed by atoms with Crippen LogP contribution in [0.1, 0.15) is 16.7 Å². The number of nitrogen functional groups attached to an aromatic ring is 1. The fourth-order valence-electron chi connectivity index (χ4n) is 2.61. The number of benzene rings is 2. The normalized spacial score (nSPS) is 10.4. The van der Waals surface area contributed by atoms with Crippen LogP contribution >= 0.6 is 0 Å². The summed E-state index contributed by atoms with van der Waals surface area (Å²) in [5, 5.41) is 3.22. The van der Waals surface area contributed by atoms with Gasteiger partial charge in [0, 0.05) is 24.7 Å². The fraction of sp³-hybridized carbons (Fsp3) is 0.200. The fourth-order valence-corrected chi connectivity index (χ4v) is 2.61. The van der Waals surface area contributed by atoms with E-state index in [0.29, 0.717) is 18.2 Å². The first-order valence-electron chi connectivity index (χ1n) is 8.27. The van der Waals surface area contributed by atoms with Gasteiger partial charge in [-0.15, -0.1) is 0 Å². The lowest BCUT2D eigenvalue weighted by molar-refractivity contribution is 0.414. The summed E-state index contributed by atoms with van der Waals surface area (Å²) in [5.74, 6) is 1.89. The molecule has 25 heavy (non-hydrogen) atoms. The van der Waals surface area contributed by atoms with Crippen LogP contribution in [-0.2, 0) is 12.8 Å². The van der Waals surface area contributed by atoms with E-state index in [9.17, 15) is 0 Å². The van der Waals surface area contributed by atoms with Crippen LogP contribution in [0.15, 0.2) is 60.8 Å². The molecule has 0 amide bonds. The molecule has 5 heteroatoms. The van der Waals surface area contributed by atoms with Gasteiger partial charge in [0.25, 0.3) is 0 Å². The van der Waals surface area contributed by atoms with E-state index in [1.54, 1.807) is 13.3 Å². The number of aromatic nitrogens is 2. The van der Waals surface area contributed by atoms with Crippen molar-refractivity contribution >= 4 is 11.8 Å². The molecule has 0 atom stereocenters. The van der Waals surface area contributed by atoms with E-state index in [1.165, 1.54) is 5.56 Å². The number of nitrogens with two attached hydrogens (primary N) is 1. The van der Waals surface area contributed by atoms with Gasteiger partial charge in [0.15, 0.2) is 0 Å². The predicted molar refractivity (Wildman–Crippen MR) is 101 cm³/mol. The van der Waals surface area contributed by atoms with Crippen LogP contribution in [0.5, 0.6) is 5.75 Å². The molecule has 0 bridgehead atoms. The molecule has 0 aliphatic carbocycles. The number of nitrogens with zero attached hydrogens (tertiary/aromatic N) is 2. The van der Waals surface area contributed by atoms with Gasteiger partial charge in [-0.25, -0.2) is 4.98 Å². The second-order valence-electron chi connectivity index (χ2n) is 5.79. The number of hydrogen-bond donors (Lipinski definition) is 2. The molecule has 0 unspecified atom stereocenters. The molecule has 0 spiro atoms. The van der Waals surface area contributed by atoms with Crippen LogP contribution < -0.4 is 15.8 Å². The summed E-state index contributed by atoms with van der Waals surface area (Å²) in [4.78, 5) is 8.74. The van der Waals surface area contributed by atoms with Gasteiger partial charge < -0.3 is 15.8 Å². The Kier molecular flexibility index (Phi) is 5.46. The highest BCUT2D eigenvalue weighted by Crippen LogP contribution is 2.19. The maximum absolute atomic E-state index is 6.10. The van der Waals surface area contributed by atoms with Crippen molar-refractivity contribution in [1.29, 1.82) is 0 Å². The number of rotatable bonds is 7. The predicted octanol–water partition coefficient (Wildman–Crippen LogP) is 3.31. The molecule has 1 heterocycles. The lowest BCUT2D eigenvalue weighted by atomic mass is 10.1. The zero-order valence-corrected chi connectivity index (χ0v) is 14.3. The highest BCUT2D eigenvalue weighted by atomic mass is 16.5. The Hall–Kier alpha value is -3.08. The van der Waals surface area contributed by atoms with E-state index in [2.05, 4.69) is 27.4 Å². The molecule has 0 aliphatic heterocycles. The molecular formula is C20H22N4O. The van der Waals surface area contributed by atoms with E-state index < -0.39 is 0 Å². The molecular weight excluding hydrogens is 312 g/mol. The minimum absolute atomic E-state index is 0.500. The van der Waals surface area contributed by atoms with Crippen LogP contribution in [0.25, 0.3) is 0 Å². The number of nitrogens with one attached hydrogen (secondary N) is 1. The van der Waals surface area contributed by atoms with Crippen molar-refractivity contribution in [2.75, 3.05) is 24.7 Å². The van der Waals surface area contributed by atoms with Crippen molar-refractivity contribution < 1.29 is 4.74 Å². The number of hydrogen-bond acceptors (Lipinski definition) is 5. The smallest absolute Gasteiger partial charge is 0.224 e. The number of ether oxygens (including phenoxy) is 1. The average molecular weight is 334 g/mol. The summed E-state index contributed by atoms with van der Waals surface area (Å²) in [7, 11) is 1.66. The minimum Gasteiger partial charge on any atom is -0.497 e. The first-order chi connectivity index (χ1) is 12.2. The topological polar surface area (TPSA) is 73.1 Å². The summed E-state index contributed by atoms with van der Waals surface area (Å²) in [6.45, 7) is 0.763. The quantitative estimate of drug-likeness (QED) is 0.693. The lowest BCUT2D eigenvalue weighted by Crippen LogP contribution is -2.10. The van der Waals surface area contributed by atoms with Crippen molar-refractivity contribution in [3.63, 3.8) is 0 Å². The molecule has 3 aromatic rings. The molecule has 128 valence electrons. The van der Waals surface area contributed by atoms with E-state index in [-0.39, 0.29) is 0 Å². The molecule has 2 aromatic carbocycles. The Bertz CT molecular complexity index is 821. The van der Waals surface area contributed by atoms with Crippen molar-refractivity contribution in [3.05, 3.63) is 77.5 Å². The van der Waals surface area contributed by atoms with Crippen LogP contribution in [0.2, 0.25) is 0 Å². The van der Waals surface area contributed by atoms with E-state index >= 15 is 0 Å². The van der Waals surface area contributed by atoms with Crippen LogP contribution in [0.3, 0.4) is 0 Å². The highest BCUT2D eigenvalue weighted by molar-refractivity contribution is 5.46. The van der Waals surface area contributed by atoms with Gasteiger partial charge in [0.1, 0.15) is 11.6 Å². The third-order valence-electron chi connectivity index (χ3n) is 3.97. The monoisotopic (exact) mass is 334 g/mol. The van der Waals surface area contributed by atoms with Gasteiger partial charge >= 0.3 is 0 Å². The Morgan fingerprint density at radius 3 is 2.60 bits per heavy atom. The van der Waals surface area contributed by atoms with Gasteiger partial charge in [-0.2, -0.15) is 4.98 Å². The van der Waals surface area contributed by atoms with Crippen molar-refractivity contribution in [1.82, 2.24) is 9.97 Å². The third kappa shape index (κ3) is 4.70. The maximum atomic E-state index is 6.10. The van der Waals surface area contributed by atoms with Gasteiger partial charge in [0.05, 0.1) is 7.11 Å². The summed E-state index contributed by atoms with van der Waals surface area (Å²) >= 11 is 0. The highest BCUT2D eigenvalue weighted by Gasteiger charge is 2.06. The summed E-state index contributed by atoms with van der Waals surface area (Å²) < 4.78 is 5.25. The summed E-state index contributed by atoms with van der Waals surface area (Å²) in [6.07, 6.45) is 3.37. The van der Waals surface area contributed by atoms with E-state index in [0.717, 1.165) is 29.8 Å². The SMILES string of the molecule is COc1cccc(Cc2cnc(NCCc3ccccc3)nc2N)c1. The molecule has 3 rings (SSSR count). The average Bonchev–Trinajstić information content (AvgIpc) is 2.65. The molecule has 3 N–H and O–H groups in total. The minimum atomic E-state index is 0.500. The van der Waals surface area contributed by atoms with E-state index in [4.69, 9.17) is 10.5 Å². The molecule has 1 aromatic heterocycles. The van der Waals surface area contributed by atoms with Gasteiger partial charge in [-0.1, -0.05) is 42.5 Å². The second kappa shape index (κ2) is 8.15. The van der Waals surface area contributed by atoms with Crippen LogP contribution in [-0.4, -0.2) is 23.6 Å². The van der Waals surface area contributed by atoms with Crippen LogP contribution in [0.4, 0.5) is 11.8 Å². The second-order valence-corrected chi connectivity index (χ2v) is 5.79. The van der Waals surface area contributed by atoms with Crippen LogP contribution in [0, 0.1) is 0 Å². The van der Waals surface area contributed by atoms with Crippen molar-refractivity contribution in [2.45, 2.75) is 12.8 Å². The third-order valence-corrected chi connectivity index (χ3v) is 3.97. The largest absolute Gasteiger partial charge is 0.497 e. The molecule has 5 nitrogen and oxygen atoms in total. The first kappa shape index (κ1) is 16.8. The van der Waals surface area contributed by atoms with Crippen molar-refractivity contribution in [3.8, 4) is 5.75 Å². The zero-order valence-electron chi connectivity index (χ0n) is 14.3. The van der Waals surface area contributed by atoms with Gasteiger partial charge in [-0.05, 0) is 29.7 Å². The Labute approximate surface area is 147 Å². The maximum Gasteiger partial charge on any atom is 0.224 e. The number of methoxy groups -OCH3 is 1. The standard InChI is InChI=1S/C20H22N4O/c1-25-18-9-5-8-16(13-18)12-17-14-23-20(24-19(17)21)22-11-10-15-6-3-2-4-7-15/h2-9,13-14H,10-12H2,1H3,(H3,21,22,23,24). The van der Waals surface area contributed by atoms with Gasteiger partial charge in [0.2, 0.25) is 5.95 Å².